The van der Waals surface area contributed by atoms with E-state index in [0.717, 1.165) is 17.3 Å². The molecule has 0 saturated carbocycles. The summed E-state index contributed by atoms with van der Waals surface area (Å²) in [7, 11) is 1.55. The average Bonchev–Trinajstić information content (AvgIpc) is 3.02. The van der Waals surface area contributed by atoms with Gasteiger partial charge in [-0.1, -0.05) is 18.2 Å². The number of carbonyl (C=O) groups excluding carboxylic acids is 1. The Morgan fingerprint density at radius 2 is 2.04 bits per heavy atom. The van der Waals surface area contributed by atoms with Crippen molar-refractivity contribution in [2.75, 3.05) is 13.7 Å². The van der Waals surface area contributed by atoms with Crippen molar-refractivity contribution < 1.29 is 24.2 Å². The number of thioether (sulfide) groups is 1. The summed E-state index contributed by atoms with van der Waals surface area (Å²) in [4.78, 5) is 28.3. The number of aromatic carboxylic acids is 1. The molecule has 8 heteroatoms. The number of benzene rings is 2. The summed E-state index contributed by atoms with van der Waals surface area (Å²) < 4.78 is 10.8. The van der Waals surface area contributed by atoms with E-state index in [4.69, 9.17) is 9.47 Å². The molecule has 1 saturated heterocycles. The Morgan fingerprint density at radius 1 is 1.25 bits per heavy atom. The number of carboxylic acids is 1. The Labute approximate surface area is 166 Å². The number of amides is 1. The van der Waals surface area contributed by atoms with Gasteiger partial charge in [0.25, 0.3) is 5.91 Å². The van der Waals surface area contributed by atoms with Crippen molar-refractivity contribution in [3.05, 3.63) is 58.5 Å². The van der Waals surface area contributed by atoms with Crippen molar-refractivity contribution in [2.24, 2.45) is 4.99 Å². The van der Waals surface area contributed by atoms with Gasteiger partial charge in [0, 0.05) is 0 Å². The molecule has 1 amide bonds. The molecule has 0 radical (unpaired) electrons. The Bertz CT molecular complexity index is 984. The van der Waals surface area contributed by atoms with E-state index in [-0.39, 0.29) is 17.2 Å². The van der Waals surface area contributed by atoms with E-state index >= 15 is 0 Å². The Morgan fingerprint density at radius 3 is 2.75 bits per heavy atom. The van der Waals surface area contributed by atoms with E-state index in [1.165, 1.54) is 6.07 Å². The van der Waals surface area contributed by atoms with Crippen molar-refractivity contribution in [1.82, 2.24) is 5.32 Å². The maximum absolute atomic E-state index is 12.3. The van der Waals surface area contributed by atoms with Crippen LogP contribution in [0.3, 0.4) is 0 Å². The lowest BCUT2D eigenvalue weighted by atomic mass is 10.2. The summed E-state index contributed by atoms with van der Waals surface area (Å²) in [5, 5.41) is 12.2. The summed E-state index contributed by atoms with van der Waals surface area (Å²) in [6, 6.07) is 11.7. The third kappa shape index (κ3) is 4.34. The minimum atomic E-state index is -1.08. The number of carbonyl (C=O) groups is 2. The van der Waals surface area contributed by atoms with Crippen LogP contribution in [0.25, 0.3) is 6.08 Å². The molecule has 1 aliphatic rings. The second-order valence-corrected chi connectivity index (χ2v) is 6.68. The van der Waals surface area contributed by atoms with E-state index in [0.29, 0.717) is 28.2 Å². The van der Waals surface area contributed by atoms with Gasteiger partial charge >= 0.3 is 5.97 Å². The van der Waals surface area contributed by atoms with Gasteiger partial charge in [0.05, 0.1) is 29.9 Å². The van der Waals surface area contributed by atoms with E-state index in [1.54, 1.807) is 43.5 Å². The average molecular weight is 398 g/mol. The number of nitrogens with zero attached hydrogens (tertiary/aromatic N) is 1. The summed E-state index contributed by atoms with van der Waals surface area (Å²) in [6.45, 7) is 2.41. The van der Waals surface area contributed by atoms with Gasteiger partial charge < -0.3 is 19.9 Å². The lowest BCUT2D eigenvalue weighted by Crippen LogP contribution is -2.19. The molecule has 1 fully saturated rings. The SMILES string of the molecule is CCOc1ccc(C=C2SC(=Nc3ccccc3C(=O)O)NC2=O)cc1OC. The molecule has 0 aromatic heterocycles. The molecule has 1 heterocycles. The van der Waals surface area contributed by atoms with Crippen molar-refractivity contribution in [2.45, 2.75) is 6.92 Å². The van der Waals surface area contributed by atoms with Crippen LogP contribution < -0.4 is 14.8 Å². The molecule has 0 unspecified atom stereocenters. The van der Waals surface area contributed by atoms with Crippen LogP contribution in [0.2, 0.25) is 0 Å². The van der Waals surface area contributed by atoms with E-state index in [9.17, 15) is 14.7 Å². The van der Waals surface area contributed by atoms with Gasteiger partial charge in [-0.25, -0.2) is 9.79 Å². The fourth-order valence-electron chi connectivity index (χ4n) is 2.54. The Kier molecular flexibility index (Phi) is 6.00. The zero-order valence-corrected chi connectivity index (χ0v) is 16.1. The smallest absolute Gasteiger partial charge is 0.337 e. The minimum Gasteiger partial charge on any atom is -0.493 e. The predicted molar refractivity (Wildman–Crippen MR) is 108 cm³/mol. The zero-order valence-electron chi connectivity index (χ0n) is 15.3. The standard InChI is InChI=1S/C20H18N2O5S/c1-3-27-15-9-8-12(10-16(15)26-2)11-17-18(23)22-20(28-17)21-14-7-5-4-6-13(14)19(24)25/h4-11H,3H2,1-2H3,(H,24,25)(H,21,22,23). The molecular weight excluding hydrogens is 380 g/mol. The van der Waals surface area contributed by atoms with E-state index in [2.05, 4.69) is 10.3 Å². The third-order valence-corrected chi connectivity index (χ3v) is 4.70. The topological polar surface area (TPSA) is 97.2 Å². The molecule has 0 bridgehead atoms. The highest BCUT2D eigenvalue weighted by Gasteiger charge is 2.24. The molecule has 0 atom stereocenters. The van der Waals surface area contributed by atoms with Crippen LogP contribution in [-0.4, -0.2) is 35.9 Å². The van der Waals surface area contributed by atoms with Gasteiger partial charge in [-0.05, 0) is 54.6 Å². The van der Waals surface area contributed by atoms with Gasteiger partial charge in [-0.15, -0.1) is 0 Å². The molecule has 2 N–H and O–H groups in total. The number of nitrogens with one attached hydrogen (secondary N) is 1. The monoisotopic (exact) mass is 398 g/mol. The van der Waals surface area contributed by atoms with E-state index in [1.807, 2.05) is 13.0 Å². The van der Waals surface area contributed by atoms with Gasteiger partial charge in [0.2, 0.25) is 0 Å². The summed E-state index contributed by atoms with van der Waals surface area (Å²) >= 11 is 1.14. The molecular formula is C20H18N2O5S. The molecule has 1 aliphatic heterocycles. The molecule has 7 nitrogen and oxygen atoms in total. The Hall–Kier alpha value is -3.26. The number of ether oxygens (including phenoxy) is 2. The van der Waals surface area contributed by atoms with Gasteiger partial charge in [-0.3, -0.25) is 4.79 Å². The van der Waals surface area contributed by atoms with Crippen LogP contribution in [0.15, 0.2) is 52.4 Å². The number of amidine groups is 1. The first-order chi connectivity index (χ1) is 13.5. The van der Waals surface area contributed by atoms with Crippen LogP contribution in [0, 0.1) is 0 Å². The maximum Gasteiger partial charge on any atom is 0.337 e. The first-order valence-electron chi connectivity index (χ1n) is 8.44. The van der Waals surface area contributed by atoms with Crippen LogP contribution >= 0.6 is 11.8 Å². The number of rotatable bonds is 6. The lowest BCUT2D eigenvalue weighted by Gasteiger charge is -2.09. The molecule has 28 heavy (non-hydrogen) atoms. The van der Waals surface area contributed by atoms with Crippen LogP contribution in [0.5, 0.6) is 11.5 Å². The number of hydrogen-bond donors (Lipinski definition) is 2. The van der Waals surface area contributed by atoms with Crippen molar-refractivity contribution in [1.29, 1.82) is 0 Å². The second-order valence-electron chi connectivity index (χ2n) is 5.65. The number of hydrogen-bond acceptors (Lipinski definition) is 6. The summed E-state index contributed by atoms with van der Waals surface area (Å²) in [6.07, 6.45) is 1.71. The summed E-state index contributed by atoms with van der Waals surface area (Å²) in [5.74, 6) is -0.178. The number of methoxy groups -OCH3 is 1. The van der Waals surface area contributed by atoms with Crippen LogP contribution in [-0.2, 0) is 4.79 Å². The molecule has 2 aromatic rings. The first kappa shape index (κ1) is 19.5. The molecule has 3 rings (SSSR count). The molecule has 2 aromatic carbocycles. The predicted octanol–water partition coefficient (Wildman–Crippen LogP) is 3.68. The van der Waals surface area contributed by atoms with Gasteiger partial charge in [0.1, 0.15) is 0 Å². The second kappa shape index (κ2) is 8.62. The molecule has 144 valence electrons. The quantitative estimate of drug-likeness (QED) is 0.721. The third-order valence-electron chi connectivity index (χ3n) is 3.79. The minimum absolute atomic E-state index is 0.0681. The normalized spacial score (nSPS) is 16.3. The van der Waals surface area contributed by atoms with Gasteiger partial charge in [-0.2, -0.15) is 0 Å². The highest BCUT2D eigenvalue weighted by Crippen LogP contribution is 2.32. The molecule has 0 spiro atoms. The fourth-order valence-corrected chi connectivity index (χ4v) is 3.38. The van der Waals surface area contributed by atoms with Crippen molar-refractivity contribution in [3.8, 4) is 11.5 Å². The van der Waals surface area contributed by atoms with Crippen molar-refractivity contribution in [3.63, 3.8) is 0 Å². The van der Waals surface area contributed by atoms with Crippen LogP contribution in [0.1, 0.15) is 22.8 Å². The fraction of sp³-hybridized carbons (Fsp3) is 0.150. The zero-order chi connectivity index (χ0) is 20.1. The molecule has 0 aliphatic carbocycles. The highest BCUT2D eigenvalue weighted by molar-refractivity contribution is 8.18. The number of aliphatic imine (C=N–C) groups is 1. The lowest BCUT2D eigenvalue weighted by molar-refractivity contribution is -0.115. The first-order valence-corrected chi connectivity index (χ1v) is 9.26. The van der Waals surface area contributed by atoms with Crippen LogP contribution in [0.4, 0.5) is 5.69 Å². The number of carboxylic acid groups (broad SMARTS) is 1. The number of para-hydroxylation sites is 1. The van der Waals surface area contributed by atoms with Crippen molar-refractivity contribution >= 4 is 40.6 Å². The maximum atomic E-state index is 12.3. The van der Waals surface area contributed by atoms with E-state index < -0.39 is 5.97 Å². The Balaban J connectivity index is 1.86. The summed E-state index contributed by atoms with van der Waals surface area (Å²) in [5.41, 5.74) is 1.12. The van der Waals surface area contributed by atoms with Gasteiger partial charge in [0.15, 0.2) is 16.7 Å². The highest BCUT2D eigenvalue weighted by atomic mass is 32.2. The largest absolute Gasteiger partial charge is 0.493 e.